The van der Waals surface area contributed by atoms with Crippen molar-refractivity contribution in [2.45, 2.75) is 0 Å². The molecule has 0 unspecified atom stereocenters. The lowest BCUT2D eigenvalue weighted by molar-refractivity contribution is -0.117. The van der Waals surface area contributed by atoms with Crippen molar-refractivity contribution < 1.29 is 14.3 Å². The van der Waals surface area contributed by atoms with E-state index in [1.807, 2.05) is 41.4 Å². The number of nitrogens with one attached hydrogen (secondary N) is 2. The van der Waals surface area contributed by atoms with E-state index in [1.54, 1.807) is 12.1 Å². The zero-order valence-electron chi connectivity index (χ0n) is 15.3. The smallest absolute Gasteiger partial charge is 0.267 e. The normalized spacial score (nSPS) is 15.5. The maximum Gasteiger partial charge on any atom is 0.267 e. The lowest BCUT2D eigenvalue weighted by Crippen LogP contribution is -2.42. The summed E-state index contributed by atoms with van der Waals surface area (Å²) in [5, 5.41) is 7.48. The van der Waals surface area contributed by atoms with Crippen molar-refractivity contribution in [1.82, 2.24) is 20.1 Å². The van der Waals surface area contributed by atoms with E-state index in [1.165, 1.54) is 11.3 Å². The number of ether oxygens (including phenoxy) is 1. The molecule has 1 aliphatic heterocycles. The maximum atomic E-state index is 12.7. The third-order valence-electron chi connectivity index (χ3n) is 4.33. The molecule has 27 heavy (non-hydrogen) atoms. The highest BCUT2D eigenvalue weighted by Crippen LogP contribution is 2.11. The number of amides is 2. The van der Waals surface area contributed by atoms with E-state index in [4.69, 9.17) is 4.74 Å². The van der Waals surface area contributed by atoms with Gasteiger partial charge in [-0.2, -0.15) is 0 Å². The van der Waals surface area contributed by atoms with E-state index < -0.39 is 0 Å². The van der Waals surface area contributed by atoms with Gasteiger partial charge in [-0.05, 0) is 29.7 Å². The van der Waals surface area contributed by atoms with Gasteiger partial charge in [0.15, 0.2) is 0 Å². The van der Waals surface area contributed by atoms with Crippen molar-refractivity contribution in [2.75, 3.05) is 39.4 Å². The van der Waals surface area contributed by atoms with Crippen LogP contribution < -0.4 is 10.6 Å². The molecule has 0 bridgehead atoms. The summed E-state index contributed by atoms with van der Waals surface area (Å²) in [6.07, 6.45) is 3.58. The number of aryl methyl sites for hydroxylation is 1. The summed E-state index contributed by atoms with van der Waals surface area (Å²) < 4.78 is 7.21. The number of rotatable bonds is 7. The average Bonchev–Trinajstić information content (AvgIpc) is 3.34. The van der Waals surface area contributed by atoms with Crippen LogP contribution in [0.15, 0.2) is 41.5 Å². The van der Waals surface area contributed by atoms with Crippen molar-refractivity contribution in [3.8, 4) is 0 Å². The second-order valence-corrected chi connectivity index (χ2v) is 7.19. The highest BCUT2D eigenvalue weighted by Gasteiger charge is 2.16. The van der Waals surface area contributed by atoms with E-state index in [2.05, 4.69) is 15.5 Å². The molecule has 0 aromatic carbocycles. The summed E-state index contributed by atoms with van der Waals surface area (Å²) in [5.41, 5.74) is 1.07. The summed E-state index contributed by atoms with van der Waals surface area (Å²) in [6.45, 7) is 4.46. The summed E-state index contributed by atoms with van der Waals surface area (Å²) in [6, 6.07) is 7.32. The van der Waals surface area contributed by atoms with Gasteiger partial charge in [0.2, 0.25) is 0 Å². The number of morpholine rings is 1. The van der Waals surface area contributed by atoms with Gasteiger partial charge in [-0.15, -0.1) is 11.3 Å². The first kappa shape index (κ1) is 19.3. The molecule has 0 atom stereocenters. The minimum atomic E-state index is -0.297. The molecule has 3 rings (SSSR count). The number of hydrogen-bond donors (Lipinski definition) is 2. The van der Waals surface area contributed by atoms with Gasteiger partial charge in [0, 0.05) is 45.1 Å². The van der Waals surface area contributed by atoms with Crippen molar-refractivity contribution in [3.05, 3.63) is 52.1 Å². The molecular formula is C19H24N4O3S. The van der Waals surface area contributed by atoms with Gasteiger partial charge in [0.25, 0.3) is 11.8 Å². The fraction of sp³-hybridized carbons (Fsp3) is 0.368. The molecule has 1 fully saturated rings. The standard InChI is InChI=1S/C19H24N4O3S/c1-22-7-2-4-15(22)14-16(21-19(25)17-5-3-13-27-17)18(24)20-6-8-23-9-11-26-12-10-23/h2-5,7,13-14H,6,8-12H2,1H3,(H,20,24)(H,21,25)/b16-14+. The first-order chi connectivity index (χ1) is 13.1. The molecule has 2 aromatic heterocycles. The molecule has 0 radical (unpaired) electrons. The van der Waals surface area contributed by atoms with Gasteiger partial charge in [-0.3, -0.25) is 14.5 Å². The van der Waals surface area contributed by atoms with Crippen LogP contribution in [-0.2, 0) is 16.6 Å². The van der Waals surface area contributed by atoms with Gasteiger partial charge < -0.3 is 19.9 Å². The second-order valence-electron chi connectivity index (χ2n) is 6.24. The van der Waals surface area contributed by atoms with Gasteiger partial charge in [-0.1, -0.05) is 6.07 Å². The van der Waals surface area contributed by atoms with Crippen molar-refractivity contribution in [3.63, 3.8) is 0 Å². The molecule has 0 aliphatic carbocycles. The van der Waals surface area contributed by atoms with Gasteiger partial charge in [-0.25, -0.2) is 0 Å². The number of thiophene rings is 1. The number of aromatic nitrogens is 1. The minimum absolute atomic E-state index is 0.233. The molecule has 8 heteroatoms. The molecule has 2 amide bonds. The minimum Gasteiger partial charge on any atom is -0.379 e. The van der Waals surface area contributed by atoms with Gasteiger partial charge in [0.1, 0.15) is 5.70 Å². The Morgan fingerprint density at radius 3 is 2.74 bits per heavy atom. The summed E-state index contributed by atoms with van der Waals surface area (Å²) in [5.74, 6) is -0.580. The number of nitrogens with zero attached hydrogens (tertiary/aromatic N) is 2. The van der Waals surface area contributed by atoms with Crippen molar-refractivity contribution in [1.29, 1.82) is 0 Å². The SMILES string of the molecule is Cn1cccc1/C=C(/NC(=O)c1cccs1)C(=O)NCCN1CCOCC1. The summed E-state index contributed by atoms with van der Waals surface area (Å²) in [7, 11) is 1.89. The predicted molar refractivity (Wildman–Crippen MR) is 105 cm³/mol. The van der Waals surface area contributed by atoms with E-state index in [-0.39, 0.29) is 17.5 Å². The topological polar surface area (TPSA) is 75.6 Å². The first-order valence-corrected chi connectivity index (χ1v) is 9.77. The Balaban J connectivity index is 1.65. The zero-order valence-corrected chi connectivity index (χ0v) is 16.1. The fourth-order valence-corrected chi connectivity index (χ4v) is 3.39. The monoisotopic (exact) mass is 388 g/mol. The zero-order chi connectivity index (χ0) is 19.1. The Kier molecular flexibility index (Phi) is 6.80. The Hall–Kier alpha value is -2.42. The second kappa shape index (κ2) is 9.50. The van der Waals surface area contributed by atoms with Crippen LogP contribution in [0.1, 0.15) is 15.4 Å². The number of carbonyl (C=O) groups excluding carboxylic acids is 2. The molecule has 1 aliphatic rings. The van der Waals surface area contributed by atoms with Crippen molar-refractivity contribution >= 4 is 29.2 Å². The Bertz CT molecular complexity index is 792. The van der Waals surface area contributed by atoms with E-state index in [0.717, 1.165) is 38.5 Å². The maximum absolute atomic E-state index is 12.7. The highest BCUT2D eigenvalue weighted by atomic mass is 32.1. The number of hydrogen-bond acceptors (Lipinski definition) is 5. The van der Waals surface area contributed by atoms with Crippen LogP contribution in [0.4, 0.5) is 0 Å². The van der Waals surface area contributed by atoms with Crippen LogP contribution in [-0.4, -0.2) is 60.7 Å². The molecule has 2 aromatic rings. The number of carbonyl (C=O) groups is 2. The summed E-state index contributed by atoms with van der Waals surface area (Å²) in [4.78, 5) is 27.9. The Morgan fingerprint density at radius 1 is 1.26 bits per heavy atom. The predicted octanol–water partition coefficient (Wildman–Crippen LogP) is 1.31. The molecular weight excluding hydrogens is 364 g/mol. The van der Waals surface area contributed by atoms with Crippen LogP contribution in [0.3, 0.4) is 0 Å². The van der Waals surface area contributed by atoms with Crippen LogP contribution in [0, 0.1) is 0 Å². The average molecular weight is 388 g/mol. The molecule has 3 heterocycles. The highest BCUT2D eigenvalue weighted by molar-refractivity contribution is 7.12. The quantitative estimate of drug-likeness (QED) is 0.702. The van der Waals surface area contributed by atoms with E-state index in [9.17, 15) is 9.59 Å². The van der Waals surface area contributed by atoms with Gasteiger partial charge in [0.05, 0.1) is 18.1 Å². The third-order valence-corrected chi connectivity index (χ3v) is 5.20. The van der Waals surface area contributed by atoms with Gasteiger partial charge >= 0.3 is 0 Å². The molecule has 0 spiro atoms. The molecule has 1 saturated heterocycles. The molecule has 144 valence electrons. The Labute approximate surface area is 162 Å². The van der Waals surface area contributed by atoms with E-state index in [0.29, 0.717) is 11.4 Å². The third kappa shape index (κ3) is 5.53. The Morgan fingerprint density at radius 2 is 2.07 bits per heavy atom. The lowest BCUT2D eigenvalue weighted by atomic mass is 10.3. The molecule has 2 N–H and O–H groups in total. The van der Waals surface area contributed by atoms with Crippen LogP contribution >= 0.6 is 11.3 Å². The van der Waals surface area contributed by atoms with Crippen LogP contribution in [0.5, 0.6) is 0 Å². The lowest BCUT2D eigenvalue weighted by Gasteiger charge is -2.26. The largest absolute Gasteiger partial charge is 0.379 e. The summed E-state index contributed by atoms with van der Waals surface area (Å²) >= 11 is 1.34. The molecule has 0 saturated carbocycles. The van der Waals surface area contributed by atoms with Crippen LogP contribution in [0.25, 0.3) is 6.08 Å². The van der Waals surface area contributed by atoms with E-state index >= 15 is 0 Å². The first-order valence-electron chi connectivity index (χ1n) is 8.89. The van der Waals surface area contributed by atoms with Crippen LogP contribution in [0.2, 0.25) is 0 Å². The molecule has 7 nitrogen and oxygen atoms in total. The van der Waals surface area contributed by atoms with Crippen molar-refractivity contribution in [2.24, 2.45) is 7.05 Å². The fourth-order valence-electron chi connectivity index (χ4n) is 2.77.